The fourth-order valence-electron chi connectivity index (χ4n) is 1.65. The molecule has 0 fully saturated rings. The van der Waals surface area contributed by atoms with Crippen LogP contribution in [0, 0.1) is 13.8 Å². The lowest BCUT2D eigenvalue weighted by Gasteiger charge is -2.18. The highest BCUT2D eigenvalue weighted by Gasteiger charge is 2.07. The summed E-state index contributed by atoms with van der Waals surface area (Å²) in [5, 5.41) is 3.48. The molecule has 0 aliphatic heterocycles. The standard InChI is InChI=1S/C11H21N3/c1-8(2)13-9(3)6-14-7-12-10(4)11(14)5/h7-9,13H,6H2,1-5H3. The van der Waals surface area contributed by atoms with E-state index < -0.39 is 0 Å². The zero-order chi connectivity index (χ0) is 10.7. The van der Waals surface area contributed by atoms with Gasteiger partial charge in [0.05, 0.1) is 12.0 Å². The Balaban J connectivity index is 2.56. The fourth-order valence-corrected chi connectivity index (χ4v) is 1.65. The van der Waals surface area contributed by atoms with Crippen LogP contribution in [0.25, 0.3) is 0 Å². The van der Waals surface area contributed by atoms with Crippen molar-refractivity contribution in [3.63, 3.8) is 0 Å². The Bertz CT molecular complexity index is 289. The monoisotopic (exact) mass is 195 g/mol. The second-order valence-corrected chi connectivity index (χ2v) is 4.29. The molecule has 0 saturated heterocycles. The molecule has 1 aromatic heterocycles. The first kappa shape index (κ1) is 11.2. The summed E-state index contributed by atoms with van der Waals surface area (Å²) in [6.07, 6.45) is 1.92. The molecule has 1 N–H and O–H groups in total. The van der Waals surface area contributed by atoms with Crippen LogP contribution in [0.4, 0.5) is 0 Å². The van der Waals surface area contributed by atoms with Crippen molar-refractivity contribution < 1.29 is 0 Å². The molecule has 3 heteroatoms. The largest absolute Gasteiger partial charge is 0.333 e. The molecule has 0 saturated carbocycles. The Morgan fingerprint density at radius 2 is 2.00 bits per heavy atom. The van der Waals surface area contributed by atoms with Gasteiger partial charge >= 0.3 is 0 Å². The summed E-state index contributed by atoms with van der Waals surface area (Å²) < 4.78 is 2.20. The minimum absolute atomic E-state index is 0.488. The predicted octanol–water partition coefficient (Wildman–Crippen LogP) is 1.89. The van der Waals surface area contributed by atoms with Crippen LogP contribution in [-0.4, -0.2) is 21.6 Å². The van der Waals surface area contributed by atoms with Gasteiger partial charge in [0.1, 0.15) is 0 Å². The number of hydrogen-bond acceptors (Lipinski definition) is 2. The van der Waals surface area contributed by atoms with Crippen molar-refractivity contribution in [2.24, 2.45) is 0 Å². The molecule has 1 aromatic rings. The zero-order valence-electron chi connectivity index (χ0n) is 9.83. The fraction of sp³-hybridized carbons (Fsp3) is 0.727. The third-order valence-electron chi connectivity index (χ3n) is 2.43. The molecule has 1 rings (SSSR count). The van der Waals surface area contributed by atoms with E-state index in [4.69, 9.17) is 0 Å². The third-order valence-corrected chi connectivity index (χ3v) is 2.43. The van der Waals surface area contributed by atoms with Crippen LogP contribution in [-0.2, 0) is 6.54 Å². The normalized spacial score (nSPS) is 13.6. The molecule has 80 valence electrons. The minimum Gasteiger partial charge on any atom is -0.333 e. The molecule has 14 heavy (non-hydrogen) atoms. The smallest absolute Gasteiger partial charge is 0.0951 e. The van der Waals surface area contributed by atoms with E-state index >= 15 is 0 Å². The van der Waals surface area contributed by atoms with Crippen molar-refractivity contribution in [1.29, 1.82) is 0 Å². The number of nitrogens with one attached hydrogen (secondary N) is 1. The van der Waals surface area contributed by atoms with Crippen molar-refractivity contribution in [3.05, 3.63) is 17.7 Å². The van der Waals surface area contributed by atoms with Gasteiger partial charge in [-0.1, -0.05) is 13.8 Å². The lowest BCUT2D eigenvalue weighted by Crippen LogP contribution is -2.35. The van der Waals surface area contributed by atoms with Gasteiger partial charge in [0.15, 0.2) is 0 Å². The summed E-state index contributed by atoms with van der Waals surface area (Å²) in [5.74, 6) is 0. The summed E-state index contributed by atoms with van der Waals surface area (Å²) in [6.45, 7) is 11.7. The van der Waals surface area contributed by atoms with E-state index in [9.17, 15) is 0 Å². The van der Waals surface area contributed by atoms with E-state index in [-0.39, 0.29) is 0 Å². The molecule has 1 atom stereocenters. The average molecular weight is 195 g/mol. The van der Waals surface area contributed by atoms with Crippen LogP contribution in [0.3, 0.4) is 0 Å². The molecule has 0 aliphatic rings. The van der Waals surface area contributed by atoms with Gasteiger partial charge in [-0.3, -0.25) is 0 Å². The summed E-state index contributed by atoms with van der Waals surface area (Å²) in [7, 11) is 0. The second-order valence-electron chi connectivity index (χ2n) is 4.29. The predicted molar refractivity (Wildman–Crippen MR) is 59.4 cm³/mol. The Kier molecular flexibility index (Phi) is 3.69. The van der Waals surface area contributed by atoms with Crippen LogP contribution >= 0.6 is 0 Å². The van der Waals surface area contributed by atoms with Crippen molar-refractivity contribution in [2.75, 3.05) is 0 Å². The SMILES string of the molecule is Cc1ncn(CC(C)NC(C)C)c1C. The molecule has 0 radical (unpaired) electrons. The number of hydrogen-bond donors (Lipinski definition) is 1. The molecule has 0 amide bonds. The van der Waals surface area contributed by atoms with Crippen molar-refractivity contribution in [3.8, 4) is 0 Å². The number of rotatable bonds is 4. The summed E-state index contributed by atoms with van der Waals surface area (Å²) in [6, 6.07) is 1.03. The Hall–Kier alpha value is -0.830. The number of nitrogens with zero attached hydrogens (tertiary/aromatic N) is 2. The molecule has 0 bridgehead atoms. The second kappa shape index (κ2) is 4.60. The Morgan fingerprint density at radius 1 is 1.36 bits per heavy atom. The average Bonchev–Trinajstić information content (AvgIpc) is 2.34. The van der Waals surface area contributed by atoms with Crippen LogP contribution in [0.1, 0.15) is 32.2 Å². The quantitative estimate of drug-likeness (QED) is 0.795. The first-order valence-corrected chi connectivity index (χ1v) is 5.25. The maximum atomic E-state index is 4.28. The topological polar surface area (TPSA) is 29.9 Å². The van der Waals surface area contributed by atoms with Gasteiger partial charge in [0.2, 0.25) is 0 Å². The molecule has 0 aromatic carbocycles. The Morgan fingerprint density at radius 3 is 2.43 bits per heavy atom. The molecule has 1 unspecified atom stereocenters. The van der Waals surface area contributed by atoms with E-state index in [1.54, 1.807) is 0 Å². The van der Waals surface area contributed by atoms with Crippen molar-refractivity contribution in [1.82, 2.24) is 14.9 Å². The minimum atomic E-state index is 0.488. The molecular weight excluding hydrogens is 174 g/mol. The maximum Gasteiger partial charge on any atom is 0.0951 e. The van der Waals surface area contributed by atoms with E-state index in [1.807, 2.05) is 13.3 Å². The highest BCUT2D eigenvalue weighted by Crippen LogP contribution is 2.05. The van der Waals surface area contributed by atoms with Gasteiger partial charge in [-0.2, -0.15) is 0 Å². The van der Waals surface area contributed by atoms with Gasteiger partial charge < -0.3 is 9.88 Å². The van der Waals surface area contributed by atoms with Crippen LogP contribution in [0.5, 0.6) is 0 Å². The summed E-state index contributed by atoms with van der Waals surface area (Å²) >= 11 is 0. The van der Waals surface area contributed by atoms with E-state index in [2.05, 4.69) is 42.6 Å². The van der Waals surface area contributed by atoms with E-state index in [0.29, 0.717) is 12.1 Å². The van der Waals surface area contributed by atoms with E-state index in [0.717, 1.165) is 12.2 Å². The van der Waals surface area contributed by atoms with Gasteiger partial charge in [-0.15, -0.1) is 0 Å². The van der Waals surface area contributed by atoms with Crippen molar-refractivity contribution >= 4 is 0 Å². The Labute approximate surface area is 86.5 Å². The van der Waals surface area contributed by atoms with Crippen LogP contribution in [0.15, 0.2) is 6.33 Å². The molecule has 0 spiro atoms. The van der Waals surface area contributed by atoms with Gasteiger partial charge in [-0.25, -0.2) is 4.98 Å². The van der Waals surface area contributed by atoms with Gasteiger partial charge in [0.25, 0.3) is 0 Å². The highest BCUT2D eigenvalue weighted by molar-refractivity contribution is 5.08. The van der Waals surface area contributed by atoms with Gasteiger partial charge in [-0.05, 0) is 20.8 Å². The molecule has 1 heterocycles. The van der Waals surface area contributed by atoms with Gasteiger partial charge in [0, 0.05) is 24.3 Å². The third kappa shape index (κ3) is 2.84. The summed E-state index contributed by atoms with van der Waals surface area (Å²) in [5.41, 5.74) is 2.39. The zero-order valence-corrected chi connectivity index (χ0v) is 9.83. The summed E-state index contributed by atoms with van der Waals surface area (Å²) in [4.78, 5) is 4.28. The maximum absolute atomic E-state index is 4.28. The number of imidazole rings is 1. The highest BCUT2D eigenvalue weighted by atomic mass is 15.1. The number of aromatic nitrogens is 2. The lowest BCUT2D eigenvalue weighted by atomic mass is 10.2. The van der Waals surface area contributed by atoms with E-state index in [1.165, 1.54) is 5.69 Å². The van der Waals surface area contributed by atoms with Crippen LogP contribution in [0.2, 0.25) is 0 Å². The molecule has 0 aliphatic carbocycles. The first-order chi connectivity index (χ1) is 6.50. The molecule has 3 nitrogen and oxygen atoms in total. The van der Waals surface area contributed by atoms with Crippen molar-refractivity contribution in [2.45, 2.75) is 53.2 Å². The first-order valence-electron chi connectivity index (χ1n) is 5.25. The molecular formula is C11H21N3. The lowest BCUT2D eigenvalue weighted by molar-refractivity contribution is 0.435. The number of aryl methyl sites for hydroxylation is 1. The van der Waals surface area contributed by atoms with Crippen LogP contribution < -0.4 is 5.32 Å².